The third-order valence-corrected chi connectivity index (χ3v) is 6.28. The smallest absolute Gasteiger partial charge is 0.267 e. The third kappa shape index (κ3) is 3.88. The van der Waals surface area contributed by atoms with Gasteiger partial charge in [-0.1, -0.05) is 30.0 Å². The van der Waals surface area contributed by atoms with Crippen molar-refractivity contribution in [1.29, 1.82) is 0 Å². The Morgan fingerprint density at radius 3 is 2.83 bits per heavy atom. The molecule has 1 aliphatic rings. The number of carbonyl (C=O) groups is 1. The molecule has 0 saturated carbocycles. The second-order valence-corrected chi connectivity index (χ2v) is 8.56. The quantitative estimate of drug-likeness (QED) is 0.358. The van der Waals surface area contributed by atoms with Crippen molar-refractivity contribution in [2.75, 3.05) is 18.9 Å². The maximum Gasteiger partial charge on any atom is 0.267 e. The molecule has 1 fully saturated rings. The molecule has 3 aromatic rings. The van der Waals surface area contributed by atoms with E-state index in [-0.39, 0.29) is 11.5 Å². The van der Waals surface area contributed by atoms with E-state index in [0.717, 1.165) is 18.5 Å². The van der Waals surface area contributed by atoms with Gasteiger partial charge in [0, 0.05) is 38.7 Å². The minimum atomic E-state index is -0.234. The minimum absolute atomic E-state index is 0.218. The number of carbonyl (C=O) groups excluding carboxylic acids is 1. The first kappa shape index (κ1) is 20.3. The molecule has 4 heterocycles. The molecule has 0 bridgehead atoms. The van der Waals surface area contributed by atoms with Crippen molar-refractivity contribution in [2.45, 2.75) is 19.9 Å². The van der Waals surface area contributed by atoms with E-state index >= 15 is 0 Å². The second kappa shape index (κ2) is 8.41. The number of rotatable bonds is 6. The average Bonchev–Trinajstić information content (AvgIpc) is 3.33. The van der Waals surface area contributed by atoms with Gasteiger partial charge in [0.25, 0.3) is 11.5 Å². The van der Waals surface area contributed by atoms with Crippen LogP contribution in [-0.4, -0.2) is 47.7 Å². The Labute approximate surface area is 182 Å². The summed E-state index contributed by atoms with van der Waals surface area (Å²) >= 11 is 6.39. The van der Waals surface area contributed by atoms with Gasteiger partial charge >= 0.3 is 0 Å². The molecule has 0 aliphatic carbocycles. The molecule has 10 heteroatoms. The molecule has 0 radical (unpaired) electrons. The van der Waals surface area contributed by atoms with Gasteiger partial charge in [0.15, 0.2) is 0 Å². The van der Waals surface area contributed by atoms with E-state index in [1.807, 2.05) is 23.8 Å². The Bertz CT molecular complexity index is 1220. The van der Waals surface area contributed by atoms with Crippen molar-refractivity contribution in [3.05, 3.63) is 63.4 Å². The van der Waals surface area contributed by atoms with Gasteiger partial charge in [-0.05, 0) is 31.1 Å². The standard InChI is InChI=1S/C20H20N6O2S2/c1-13-5-3-9-26-17(13)23-16(22-6-4-8-25-10-7-21-12-25)14(18(26)27)11-15-19(28)24(2)20(29)30-15/h3,5,7,9-12,22H,4,6,8H2,1-2H3/b15-11+. The lowest BCUT2D eigenvalue weighted by molar-refractivity contribution is -0.121. The normalized spacial score (nSPS) is 15.5. The summed E-state index contributed by atoms with van der Waals surface area (Å²) in [6.45, 7) is 3.32. The maximum atomic E-state index is 13.2. The molecule has 1 aliphatic heterocycles. The SMILES string of the molecule is Cc1cccn2c(=O)c(/C=C3/SC(=S)N(C)C3=O)c(NCCCn3ccnc3)nc12. The van der Waals surface area contributed by atoms with Gasteiger partial charge in [0.05, 0.1) is 16.8 Å². The van der Waals surface area contributed by atoms with Gasteiger partial charge in [0.1, 0.15) is 15.8 Å². The lowest BCUT2D eigenvalue weighted by Crippen LogP contribution is -2.23. The fourth-order valence-corrected chi connectivity index (χ4v) is 4.30. The first-order valence-corrected chi connectivity index (χ1v) is 10.6. The minimum Gasteiger partial charge on any atom is -0.369 e. The van der Waals surface area contributed by atoms with Crippen molar-refractivity contribution >= 4 is 51.7 Å². The van der Waals surface area contributed by atoms with Crippen molar-refractivity contribution in [2.24, 2.45) is 0 Å². The van der Waals surface area contributed by atoms with E-state index in [1.54, 1.807) is 37.9 Å². The Hall–Kier alpha value is -2.98. The number of nitrogens with one attached hydrogen (secondary N) is 1. The van der Waals surface area contributed by atoms with Crippen LogP contribution in [0.1, 0.15) is 17.5 Å². The molecule has 30 heavy (non-hydrogen) atoms. The van der Waals surface area contributed by atoms with Crippen molar-refractivity contribution in [3.8, 4) is 0 Å². The number of thioether (sulfide) groups is 1. The number of hydrogen-bond donors (Lipinski definition) is 1. The summed E-state index contributed by atoms with van der Waals surface area (Å²) < 4.78 is 3.96. The highest BCUT2D eigenvalue weighted by molar-refractivity contribution is 8.26. The van der Waals surface area contributed by atoms with Crippen LogP contribution >= 0.6 is 24.0 Å². The average molecular weight is 441 g/mol. The van der Waals surface area contributed by atoms with E-state index in [4.69, 9.17) is 17.2 Å². The molecular formula is C20H20N6O2S2. The maximum absolute atomic E-state index is 13.2. The van der Waals surface area contributed by atoms with E-state index in [1.165, 1.54) is 21.1 Å². The zero-order valence-corrected chi connectivity index (χ0v) is 18.2. The summed E-state index contributed by atoms with van der Waals surface area (Å²) in [5.74, 6) is 0.242. The first-order chi connectivity index (χ1) is 14.5. The number of fused-ring (bicyclic) bond motifs is 1. The number of imidazole rings is 1. The summed E-state index contributed by atoms with van der Waals surface area (Å²) in [6.07, 6.45) is 9.50. The summed E-state index contributed by atoms with van der Waals surface area (Å²) in [6, 6.07) is 3.71. The van der Waals surface area contributed by atoms with E-state index in [9.17, 15) is 9.59 Å². The molecule has 1 N–H and O–H groups in total. The van der Waals surface area contributed by atoms with Crippen molar-refractivity contribution in [3.63, 3.8) is 0 Å². The lowest BCUT2D eigenvalue weighted by Gasteiger charge is -2.12. The van der Waals surface area contributed by atoms with Crippen LogP contribution in [0.2, 0.25) is 0 Å². The van der Waals surface area contributed by atoms with E-state index in [0.29, 0.717) is 32.8 Å². The Balaban J connectivity index is 1.70. The Kier molecular flexibility index (Phi) is 5.69. The number of aromatic nitrogens is 4. The monoisotopic (exact) mass is 440 g/mol. The molecule has 1 amide bonds. The highest BCUT2D eigenvalue weighted by atomic mass is 32.2. The molecule has 0 atom stereocenters. The molecular weight excluding hydrogens is 420 g/mol. The van der Waals surface area contributed by atoms with Crippen LogP contribution in [0, 0.1) is 6.92 Å². The number of thiocarbonyl (C=S) groups is 1. The van der Waals surface area contributed by atoms with Crippen molar-refractivity contribution < 1.29 is 4.79 Å². The number of nitrogens with zero attached hydrogens (tertiary/aromatic N) is 5. The fourth-order valence-electron chi connectivity index (χ4n) is 3.14. The van der Waals surface area contributed by atoms with Crippen molar-refractivity contribution in [1.82, 2.24) is 23.8 Å². The Morgan fingerprint density at radius 2 is 2.13 bits per heavy atom. The highest BCUT2D eigenvalue weighted by Crippen LogP contribution is 2.31. The van der Waals surface area contributed by atoms with Gasteiger partial charge in [-0.25, -0.2) is 9.97 Å². The van der Waals surface area contributed by atoms with Gasteiger partial charge in [-0.15, -0.1) is 0 Å². The summed E-state index contributed by atoms with van der Waals surface area (Å²) in [5.41, 5.74) is 1.58. The largest absolute Gasteiger partial charge is 0.369 e. The van der Waals surface area contributed by atoms with Crippen LogP contribution in [0.3, 0.4) is 0 Å². The number of pyridine rings is 1. The number of anilines is 1. The van der Waals surface area contributed by atoms with Crippen LogP contribution in [0.5, 0.6) is 0 Å². The molecule has 154 valence electrons. The number of hydrogen-bond acceptors (Lipinski definition) is 7. The van der Waals surface area contributed by atoms with Crippen LogP contribution in [0.25, 0.3) is 11.7 Å². The molecule has 4 rings (SSSR count). The number of amides is 1. The first-order valence-electron chi connectivity index (χ1n) is 9.39. The predicted octanol–water partition coefficient (Wildman–Crippen LogP) is 2.53. The zero-order valence-electron chi connectivity index (χ0n) is 16.5. The van der Waals surface area contributed by atoms with Gasteiger partial charge in [0.2, 0.25) is 0 Å². The molecule has 8 nitrogen and oxygen atoms in total. The van der Waals surface area contributed by atoms with Crippen LogP contribution in [0.15, 0.2) is 46.8 Å². The van der Waals surface area contributed by atoms with Crippen LogP contribution < -0.4 is 10.9 Å². The molecule has 0 aromatic carbocycles. The third-order valence-electron chi connectivity index (χ3n) is 4.79. The van der Waals surface area contributed by atoms with Gasteiger partial charge < -0.3 is 9.88 Å². The molecule has 3 aromatic heterocycles. The van der Waals surface area contributed by atoms with Crippen LogP contribution in [0.4, 0.5) is 5.82 Å². The number of likely N-dealkylation sites (N-methyl/N-ethyl adjacent to an activating group) is 1. The highest BCUT2D eigenvalue weighted by Gasteiger charge is 2.29. The van der Waals surface area contributed by atoms with Gasteiger partial charge in [-0.2, -0.15) is 0 Å². The summed E-state index contributed by atoms with van der Waals surface area (Å²) in [4.78, 5) is 36.2. The van der Waals surface area contributed by atoms with Crippen LogP contribution in [-0.2, 0) is 11.3 Å². The second-order valence-electron chi connectivity index (χ2n) is 6.89. The fraction of sp³-hybridized carbons (Fsp3) is 0.250. The molecule has 0 spiro atoms. The summed E-state index contributed by atoms with van der Waals surface area (Å²) in [7, 11) is 1.63. The lowest BCUT2D eigenvalue weighted by atomic mass is 10.2. The topological polar surface area (TPSA) is 84.5 Å². The summed E-state index contributed by atoms with van der Waals surface area (Å²) in [5, 5.41) is 3.28. The Morgan fingerprint density at radius 1 is 1.30 bits per heavy atom. The molecule has 0 unspecified atom stereocenters. The van der Waals surface area contributed by atoms with E-state index in [2.05, 4.69) is 10.3 Å². The van der Waals surface area contributed by atoms with Gasteiger partial charge in [-0.3, -0.25) is 18.9 Å². The van der Waals surface area contributed by atoms with E-state index < -0.39 is 0 Å². The predicted molar refractivity (Wildman–Crippen MR) is 122 cm³/mol. The number of aryl methyl sites for hydroxylation is 2. The molecule has 1 saturated heterocycles. The zero-order chi connectivity index (χ0) is 21.3.